The van der Waals surface area contributed by atoms with Gasteiger partial charge in [0.05, 0.1) is 17.7 Å². The van der Waals surface area contributed by atoms with E-state index in [0.717, 1.165) is 25.9 Å². The minimum Gasteiger partial charge on any atom is -0.480 e. The van der Waals surface area contributed by atoms with E-state index in [4.69, 9.17) is 15.1 Å². The maximum Gasteiger partial charge on any atom is 0.329 e. The fourth-order valence-electron chi connectivity index (χ4n) is 2.43. The number of halogens is 1. The van der Waals surface area contributed by atoms with Gasteiger partial charge in [0, 0.05) is 25.2 Å². The molecule has 1 N–H and O–H groups in total. The first-order valence-corrected chi connectivity index (χ1v) is 6.83. The standard InChI is InChI=1S/C15H17FN2O3/c16-14-2-1-11(8-17)7-12(14)9-18-5-3-13(4-6-18)21-10-15(19)20/h1-2,7,13H,3-6,9-10H2,(H,19,20). The normalized spacial score (nSPS) is 16.6. The molecule has 1 aliphatic heterocycles. The molecule has 2 rings (SSSR count). The largest absolute Gasteiger partial charge is 0.480 e. The fourth-order valence-corrected chi connectivity index (χ4v) is 2.43. The summed E-state index contributed by atoms with van der Waals surface area (Å²) in [4.78, 5) is 12.5. The average Bonchev–Trinajstić information content (AvgIpc) is 2.48. The molecule has 1 aromatic rings. The van der Waals surface area contributed by atoms with Gasteiger partial charge in [0.15, 0.2) is 0 Å². The van der Waals surface area contributed by atoms with Crippen LogP contribution in [0.4, 0.5) is 4.39 Å². The molecule has 0 aromatic heterocycles. The van der Waals surface area contributed by atoms with Crippen molar-refractivity contribution in [3.05, 3.63) is 35.1 Å². The van der Waals surface area contributed by atoms with E-state index in [2.05, 4.69) is 4.90 Å². The van der Waals surface area contributed by atoms with E-state index in [9.17, 15) is 9.18 Å². The number of rotatable bonds is 5. The quantitative estimate of drug-likeness (QED) is 0.895. The molecule has 0 unspecified atom stereocenters. The number of hydrogen-bond donors (Lipinski definition) is 1. The SMILES string of the molecule is N#Cc1ccc(F)c(CN2CCC(OCC(=O)O)CC2)c1. The minimum absolute atomic E-state index is 0.0485. The van der Waals surface area contributed by atoms with Gasteiger partial charge < -0.3 is 9.84 Å². The topological polar surface area (TPSA) is 73.6 Å². The Morgan fingerprint density at radius 2 is 2.19 bits per heavy atom. The van der Waals surface area contributed by atoms with Crippen LogP contribution in [0, 0.1) is 17.1 Å². The van der Waals surface area contributed by atoms with E-state index in [0.29, 0.717) is 17.7 Å². The maximum atomic E-state index is 13.7. The lowest BCUT2D eigenvalue weighted by Crippen LogP contribution is -2.37. The molecule has 0 atom stereocenters. The zero-order valence-electron chi connectivity index (χ0n) is 11.6. The number of benzene rings is 1. The Balaban J connectivity index is 1.86. The Morgan fingerprint density at radius 3 is 2.81 bits per heavy atom. The molecule has 1 aromatic carbocycles. The lowest BCUT2D eigenvalue weighted by atomic mass is 10.1. The average molecular weight is 292 g/mol. The summed E-state index contributed by atoms with van der Waals surface area (Å²) < 4.78 is 19.0. The molecule has 21 heavy (non-hydrogen) atoms. The van der Waals surface area contributed by atoms with E-state index in [1.54, 1.807) is 6.07 Å². The van der Waals surface area contributed by atoms with Crippen molar-refractivity contribution >= 4 is 5.97 Å². The summed E-state index contributed by atoms with van der Waals surface area (Å²) in [5.74, 6) is -1.27. The van der Waals surface area contributed by atoms with E-state index in [1.807, 2.05) is 6.07 Å². The Hall–Kier alpha value is -1.97. The highest BCUT2D eigenvalue weighted by molar-refractivity contribution is 5.68. The van der Waals surface area contributed by atoms with Gasteiger partial charge >= 0.3 is 5.97 Å². The molecule has 1 heterocycles. The van der Waals surface area contributed by atoms with Crippen molar-refractivity contribution in [1.82, 2.24) is 4.90 Å². The van der Waals surface area contributed by atoms with Crippen molar-refractivity contribution in [3.63, 3.8) is 0 Å². The van der Waals surface area contributed by atoms with Crippen LogP contribution in [0.1, 0.15) is 24.0 Å². The molecule has 6 heteroatoms. The van der Waals surface area contributed by atoms with Crippen molar-refractivity contribution in [2.75, 3.05) is 19.7 Å². The number of carboxylic acids is 1. The predicted molar refractivity (Wildman–Crippen MR) is 73.0 cm³/mol. The van der Waals surface area contributed by atoms with Gasteiger partial charge in [0.1, 0.15) is 12.4 Å². The van der Waals surface area contributed by atoms with E-state index < -0.39 is 5.97 Å². The number of nitrogens with zero attached hydrogens (tertiary/aromatic N) is 2. The van der Waals surface area contributed by atoms with Crippen LogP contribution in [0.25, 0.3) is 0 Å². The molecule has 112 valence electrons. The zero-order valence-corrected chi connectivity index (χ0v) is 11.6. The first-order valence-electron chi connectivity index (χ1n) is 6.83. The van der Waals surface area contributed by atoms with Crippen LogP contribution >= 0.6 is 0 Å². The predicted octanol–water partition coefficient (Wildman–Crippen LogP) is 1.76. The monoisotopic (exact) mass is 292 g/mol. The number of aliphatic carboxylic acids is 1. The lowest BCUT2D eigenvalue weighted by Gasteiger charge is -2.31. The molecule has 0 radical (unpaired) electrons. The highest BCUT2D eigenvalue weighted by Crippen LogP contribution is 2.18. The van der Waals surface area contributed by atoms with Crippen LogP contribution < -0.4 is 0 Å². The number of carboxylic acid groups (broad SMARTS) is 1. The lowest BCUT2D eigenvalue weighted by molar-refractivity contribution is -0.145. The molecular weight excluding hydrogens is 275 g/mol. The van der Waals surface area contributed by atoms with Crippen LogP contribution in [-0.2, 0) is 16.1 Å². The first kappa shape index (κ1) is 15.4. The molecule has 0 aliphatic carbocycles. The van der Waals surface area contributed by atoms with Crippen molar-refractivity contribution in [2.24, 2.45) is 0 Å². The second kappa shape index (κ2) is 7.16. The Kier molecular flexibility index (Phi) is 5.26. The summed E-state index contributed by atoms with van der Waals surface area (Å²) in [7, 11) is 0. The van der Waals surface area contributed by atoms with Crippen LogP contribution in [0.3, 0.4) is 0 Å². The summed E-state index contributed by atoms with van der Waals surface area (Å²) in [5.41, 5.74) is 0.963. The van der Waals surface area contributed by atoms with Gasteiger partial charge in [0.25, 0.3) is 0 Å². The summed E-state index contributed by atoms with van der Waals surface area (Å²) in [6.45, 7) is 1.62. The molecule has 1 fully saturated rings. The van der Waals surface area contributed by atoms with Crippen LogP contribution in [0.2, 0.25) is 0 Å². The molecular formula is C15H17FN2O3. The van der Waals surface area contributed by atoms with Crippen LogP contribution in [0.5, 0.6) is 0 Å². The molecule has 1 aliphatic rings. The van der Waals surface area contributed by atoms with Crippen molar-refractivity contribution in [2.45, 2.75) is 25.5 Å². The Morgan fingerprint density at radius 1 is 1.48 bits per heavy atom. The number of carbonyl (C=O) groups is 1. The molecule has 0 saturated carbocycles. The highest BCUT2D eigenvalue weighted by Gasteiger charge is 2.21. The maximum absolute atomic E-state index is 13.7. The third-order valence-electron chi connectivity index (χ3n) is 3.55. The fraction of sp³-hybridized carbons (Fsp3) is 0.467. The number of piperidine rings is 1. The van der Waals surface area contributed by atoms with E-state index in [1.165, 1.54) is 12.1 Å². The zero-order chi connectivity index (χ0) is 15.2. The Bertz CT molecular complexity index is 548. The van der Waals surface area contributed by atoms with Crippen LogP contribution in [0.15, 0.2) is 18.2 Å². The van der Waals surface area contributed by atoms with Gasteiger partial charge in [-0.25, -0.2) is 9.18 Å². The molecule has 1 saturated heterocycles. The van der Waals surface area contributed by atoms with E-state index in [-0.39, 0.29) is 18.5 Å². The number of likely N-dealkylation sites (tertiary alicyclic amines) is 1. The van der Waals surface area contributed by atoms with E-state index >= 15 is 0 Å². The van der Waals surface area contributed by atoms with Gasteiger partial charge in [-0.2, -0.15) is 5.26 Å². The molecule has 0 bridgehead atoms. The highest BCUT2D eigenvalue weighted by atomic mass is 19.1. The third-order valence-corrected chi connectivity index (χ3v) is 3.55. The summed E-state index contributed by atoms with van der Waals surface area (Å²) in [6, 6.07) is 6.36. The van der Waals surface area contributed by atoms with Crippen molar-refractivity contribution in [1.29, 1.82) is 5.26 Å². The van der Waals surface area contributed by atoms with Gasteiger partial charge in [-0.1, -0.05) is 0 Å². The van der Waals surface area contributed by atoms with Gasteiger partial charge in [-0.3, -0.25) is 4.90 Å². The molecule has 5 nitrogen and oxygen atoms in total. The summed E-state index contributed by atoms with van der Waals surface area (Å²) in [5, 5.41) is 17.4. The van der Waals surface area contributed by atoms with Crippen molar-refractivity contribution < 1.29 is 19.0 Å². The second-order valence-electron chi connectivity index (χ2n) is 5.10. The van der Waals surface area contributed by atoms with Gasteiger partial charge in [-0.15, -0.1) is 0 Å². The second-order valence-corrected chi connectivity index (χ2v) is 5.10. The summed E-state index contributed by atoms with van der Waals surface area (Å²) >= 11 is 0. The van der Waals surface area contributed by atoms with Crippen LogP contribution in [-0.4, -0.2) is 41.8 Å². The Labute approximate surface area is 122 Å². The number of nitriles is 1. The smallest absolute Gasteiger partial charge is 0.329 e. The number of ether oxygens (including phenoxy) is 1. The third kappa shape index (κ3) is 4.52. The number of hydrogen-bond acceptors (Lipinski definition) is 4. The van der Waals surface area contributed by atoms with Gasteiger partial charge in [-0.05, 0) is 31.0 Å². The summed E-state index contributed by atoms with van der Waals surface area (Å²) in [6.07, 6.45) is 1.41. The molecule has 0 amide bonds. The van der Waals surface area contributed by atoms with Gasteiger partial charge in [0.2, 0.25) is 0 Å². The first-order chi connectivity index (χ1) is 10.1. The minimum atomic E-state index is -0.965. The molecule has 0 spiro atoms. The van der Waals surface area contributed by atoms with Crippen molar-refractivity contribution in [3.8, 4) is 6.07 Å².